The lowest BCUT2D eigenvalue weighted by Crippen LogP contribution is -2.25. The lowest BCUT2D eigenvalue weighted by Gasteiger charge is -2.22. The Balaban J connectivity index is 2.43. The average molecular weight is 265 g/mol. The van der Waals surface area contributed by atoms with Crippen molar-refractivity contribution in [3.8, 4) is 0 Å². The predicted molar refractivity (Wildman–Crippen MR) is 74.7 cm³/mol. The van der Waals surface area contributed by atoms with Crippen LogP contribution >= 0.6 is 0 Å². The van der Waals surface area contributed by atoms with Crippen LogP contribution in [0.25, 0.3) is 0 Å². The molecule has 0 aliphatic heterocycles. The van der Waals surface area contributed by atoms with Crippen LogP contribution in [0.15, 0.2) is 24.3 Å². The minimum atomic E-state index is -0.268. The first-order valence-corrected chi connectivity index (χ1v) is 6.46. The second-order valence-electron chi connectivity index (χ2n) is 5.08. The van der Waals surface area contributed by atoms with Crippen LogP contribution in [0, 0.1) is 0 Å². The van der Waals surface area contributed by atoms with Gasteiger partial charge >= 0.3 is 5.97 Å². The molecule has 4 nitrogen and oxygen atoms in total. The highest BCUT2D eigenvalue weighted by molar-refractivity contribution is 5.73. The van der Waals surface area contributed by atoms with Gasteiger partial charge in [-0.3, -0.25) is 4.79 Å². The molecule has 0 unspecified atom stereocenters. The van der Waals surface area contributed by atoms with Crippen LogP contribution in [0.3, 0.4) is 0 Å². The Bertz CT molecular complexity index is 416. The van der Waals surface area contributed by atoms with Crippen molar-refractivity contribution in [3.63, 3.8) is 0 Å². The number of hydrogen-bond donors (Lipinski definition) is 1. The Hall–Kier alpha value is -1.39. The van der Waals surface area contributed by atoms with Gasteiger partial charge in [0.15, 0.2) is 0 Å². The van der Waals surface area contributed by atoms with Gasteiger partial charge in [-0.05, 0) is 25.0 Å². The lowest BCUT2D eigenvalue weighted by molar-refractivity contribution is -0.144. The van der Waals surface area contributed by atoms with Crippen LogP contribution < -0.4 is 5.73 Å². The molecular formula is C15H23NO3. The highest BCUT2D eigenvalue weighted by Crippen LogP contribution is 2.13. The summed E-state index contributed by atoms with van der Waals surface area (Å²) in [6.45, 7) is 4.72. The third kappa shape index (κ3) is 5.41. The topological polar surface area (TPSA) is 61.5 Å². The molecule has 19 heavy (non-hydrogen) atoms. The SMILES string of the molecule is COC(C)(C)CCOC(=O)Cc1ccccc1CN. The van der Waals surface area contributed by atoms with Crippen molar-refractivity contribution in [2.45, 2.75) is 38.8 Å². The third-order valence-corrected chi connectivity index (χ3v) is 3.19. The molecule has 106 valence electrons. The Kier molecular flexibility index (Phi) is 5.99. The molecule has 0 amide bonds. The van der Waals surface area contributed by atoms with Crippen molar-refractivity contribution in [2.24, 2.45) is 5.73 Å². The summed E-state index contributed by atoms with van der Waals surface area (Å²) in [5.74, 6) is -0.229. The van der Waals surface area contributed by atoms with E-state index in [-0.39, 0.29) is 18.0 Å². The maximum absolute atomic E-state index is 11.8. The number of hydrogen-bond acceptors (Lipinski definition) is 4. The number of esters is 1. The molecule has 0 saturated carbocycles. The Morgan fingerprint density at radius 2 is 1.89 bits per heavy atom. The molecule has 1 aromatic rings. The summed E-state index contributed by atoms with van der Waals surface area (Å²) in [6.07, 6.45) is 0.939. The number of carbonyl (C=O) groups is 1. The zero-order chi connectivity index (χ0) is 14.3. The van der Waals surface area contributed by atoms with Gasteiger partial charge in [-0.1, -0.05) is 24.3 Å². The molecule has 4 heteroatoms. The van der Waals surface area contributed by atoms with E-state index in [9.17, 15) is 4.79 Å². The van der Waals surface area contributed by atoms with Gasteiger partial charge in [0.2, 0.25) is 0 Å². The van der Waals surface area contributed by atoms with E-state index in [1.165, 1.54) is 0 Å². The van der Waals surface area contributed by atoms with Gasteiger partial charge in [0, 0.05) is 20.1 Å². The lowest BCUT2D eigenvalue weighted by atomic mass is 10.0. The highest BCUT2D eigenvalue weighted by Gasteiger charge is 2.17. The van der Waals surface area contributed by atoms with Gasteiger partial charge < -0.3 is 15.2 Å². The molecule has 0 atom stereocenters. The van der Waals surface area contributed by atoms with Crippen molar-refractivity contribution >= 4 is 5.97 Å². The van der Waals surface area contributed by atoms with E-state index in [4.69, 9.17) is 15.2 Å². The van der Waals surface area contributed by atoms with Crippen LogP contribution in [0.5, 0.6) is 0 Å². The van der Waals surface area contributed by atoms with Crippen LogP contribution in [0.1, 0.15) is 31.4 Å². The van der Waals surface area contributed by atoms with E-state index >= 15 is 0 Å². The second kappa shape index (κ2) is 7.26. The molecule has 0 aliphatic carbocycles. The summed E-state index contributed by atoms with van der Waals surface area (Å²) >= 11 is 0. The summed E-state index contributed by atoms with van der Waals surface area (Å²) < 4.78 is 10.5. The molecule has 1 aromatic carbocycles. The molecule has 0 heterocycles. The maximum Gasteiger partial charge on any atom is 0.310 e. The van der Waals surface area contributed by atoms with Gasteiger partial charge in [-0.2, -0.15) is 0 Å². The van der Waals surface area contributed by atoms with E-state index in [2.05, 4.69) is 0 Å². The van der Waals surface area contributed by atoms with E-state index in [1.807, 2.05) is 38.1 Å². The first-order valence-electron chi connectivity index (χ1n) is 6.46. The van der Waals surface area contributed by atoms with Crippen molar-refractivity contribution in [1.29, 1.82) is 0 Å². The number of methoxy groups -OCH3 is 1. The van der Waals surface area contributed by atoms with Gasteiger partial charge in [-0.15, -0.1) is 0 Å². The normalized spacial score (nSPS) is 11.4. The molecule has 1 rings (SSSR count). The third-order valence-electron chi connectivity index (χ3n) is 3.19. The monoisotopic (exact) mass is 265 g/mol. The Labute approximate surface area is 114 Å². The van der Waals surface area contributed by atoms with Gasteiger partial charge in [0.05, 0.1) is 18.6 Å². The molecule has 0 saturated heterocycles. The fourth-order valence-electron chi connectivity index (χ4n) is 1.65. The van der Waals surface area contributed by atoms with Crippen molar-refractivity contribution in [2.75, 3.05) is 13.7 Å². The van der Waals surface area contributed by atoms with E-state index in [0.717, 1.165) is 11.1 Å². The molecule has 0 bridgehead atoms. The molecule has 0 radical (unpaired) electrons. The Morgan fingerprint density at radius 1 is 1.26 bits per heavy atom. The highest BCUT2D eigenvalue weighted by atomic mass is 16.5. The number of benzene rings is 1. The van der Waals surface area contributed by atoms with Crippen molar-refractivity contribution < 1.29 is 14.3 Å². The van der Waals surface area contributed by atoms with Gasteiger partial charge in [-0.25, -0.2) is 0 Å². The average Bonchev–Trinajstić information content (AvgIpc) is 2.39. The van der Waals surface area contributed by atoms with E-state index in [1.54, 1.807) is 7.11 Å². The van der Waals surface area contributed by atoms with Crippen LogP contribution in [-0.4, -0.2) is 25.3 Å². The fourth-order valence-corrected chi connectivity index (χ4v) is 1.65. The summed E-state index contributed by atoms with van der Waals surface area (Å²) in [5.41, 5.74) is 7.28. The maximum atomic E-state index is 11.8. The van der Waals surface area contributed by atoms with Gasteiger partial charge in [0.1, 0.15) is 0 Å². The Morgan fingerprint density at radius 3 is 2.47 bits per heavy atom. The molecule has 0 aromatic heterocycles. The first-order chi connectivity index (χ1) is 8.98. The molecular weight excluding hydrogens is 242 g/mol. The minimum absolute atomic E-state index is 0.229. The molecule has 2 N–H and O–H groups in total. The van der Waals surface area contributed by atoms with Crippen LogP contribution in [0.2, 0.25) is 0 Å². The van der Waals surface area contributed by atoms with Crippen molar-refractivity contribution in [1.82, 2.24) is 0 Å². The number of nitrogens with two attached hydrogens (primary N) is 1. The summed E-state index contributed by atoms with van der Waals surface area (Å²) in [6, 6.07) is 7.65. The van der Waals surface area contributed by atoms with E-state index in [0.29, 0.717) is 19.6 Å². The smallest absolute Gasteiger partial charge is 0.310 e. The number of ether oxygens (including phenoxy) is 2. The standard InChI is InChI=1S/C15H23NO3/c1-15(2,18-3)8-9-19-14(17)10-12-6-4-5-7-13(12)11-16/h4-7H,8-11,16H2,1-3H3. The van der Waals surface area contributed by atoms with Crippen LogP contribution in [-0.2, 0) is 27.2 Å². The quantitative estimate of drug-likeness (QED) is 0.766. The van der Waals surface area contributed by atoms with Gasteiger partial charge in [0.25, 0.3) is 0 Å². The first kappa shape index (κ1) is 15.7. The largest absolute Gasteiger partial charge is 0.465 e. The minimum Gasteiger partial charge on any atom is -0.465 e. The second-order valence-corrected chi connectivity index (χ2v) is 5.08. The molecule has 0 spiro atoms. The summed E-state index contributed by atoms with van der Waals surface area (Å²) in [4.78, 5) is 11.8. The van der Waals surface area contributed by atoms with E-state index < -0.39 is 0 Å². The zero-order valence-electron chi connectivity index (χ0n) is 11.9. The van der Waals surface area contributed by atoms with Crippen LogP contribution in [0.4, 0.5) is 0 Å². The number of carbonyl (C=O) groups excluding carboxylic acids is 1. The number of rotatable bonds is 7. The fraction of sp³-hybridized carbons (Fsp3) is 0.533. The molecule has 0 fully saturated rings. The van der Waals surface area contributed by atoms with Crippen molar-refractivity contribution in [3.05, 3.63) is 35.4 Å². The predicted octanol–water partition coefficient (Wildman–Crippen LogP) is 2.05. The zero-order valence-corrected chi connectivity index (χ0v) is 11.9. The summed E-state index contributed by atoms with van der Waals surface area (Å²) in [5, 5.41) is 0. The molecule has 0 aliphatic rings. The summed E-state index contributed by atoms with van der Waals surface area (Å²) in [7, 11) is 1.65.